The van der Waals surface area contributed by atoms with Crippen LogP contribution in [0.25, 0.3) is 0 Å². The molecule has 1 aromatic rings. The quantitative estimate of drug-likeness (QED) is 0.762. The standard InChI is InChI=1S/C14H16FNO5/c1-19-14(18)12-8-16(5-6-20-12)13(17)9-21-11-4-2-3-10(15)7-11/h2-4,7,12H,5-6,8-9H2,1H3. The maximum Gasteiger partial charge on any atom is 0.336 e. The zero-order valence-electron chi connectivity index (χ0n) is 11.6. The number of benzene rings is 1. The molecule has 1 saturated heterocycles. The molecular weight excluding hydrogens is 281 g/mol. The van der Waals surface area contributed by atoms with Crippen LogP contribution < -0.4 is 4.74 Å². The van der Waals surface area contributed by atoms with Gasteiger partial charge in [0.25, 0.3) is 5.91 Å². The molecule has 2 rings (SSSR count). The van der Waals surface area contributed by atoms with Crippen LogP contribution in [0.2, 0.25) is 0 Å². The van der Waals surface area contributed by atoms with Gasteiger partial charge in [0.15, 0.2) is 12.7 Å². The third kappa shape index (κ3) is 4.16. The minimum absolute atomic E-state index is 0.123. The highest BCUT2D eigenvalue weighted by Gasteiger charge is 2.29. The first-order valence-corrected chi connectivity index (χ1v) is 6.45. The summed E-state index contributed by atoms with van der Waals surface area (Å²) in [5.41, 5.74) is 0. The molecule has 0 radical (unpaired) electrons. The molecule has 1 atom stereocenters. The summed E-state index contributed by atoms with van der Waals surface area (Å²) in [4.78, 5) is 24.9. The van der Waals surface area contributed by atoms with Crippen molar-refractivity contribution in [3.05, 3.63) is 30.1 Å². The van der Waals surface area contributed by atoms with Crippen molar-refractivity contribution in [3.8, 4) is 5.75 Å². The number of esters is 1. The van der Waals surface area contributed by atoms with Crippen molar-refractivity contribution in [2.75, 3.05) is 33.4 Å². The highest BCUT2D eigenvalue weighted by molar-refractivity contribution is 5.80. The van der Waals surface area contributed by atoms with Crippen LogP contribution in [0.3, 0.4) is 0 Å². The molecule has 0 N–H and O–H groups in total. The summed E-state index contributed by atoms with van der Waals surface area (Å²) in [7, 11) is 1.26. The second-order valence-corrected chi connectivity index (χ2v) is 4.47. The van der Waals surface area contributed by atoms with Gasteiger partial charge in [-0.25, -0.2) is 9.18 Å². The van der Waals surface area contributed by atoms with Gasteiger partial charge in [0, 0.05) is 12.6 Å². The summed E-state index contributed by atoms with van der Waals surface area (Å²) >= 11 is 0. The second kappa shape index (κ2) is 7.03. The summed E-state index contributed by atoms with van der Waals surface area (Å²) in [6, 6.07) is 5.55. The first-order chi connectivity index (χ1) is 10.1. The lowest BCUT2D eigenvalue weighted by Gasteiger charge is -2.31. The van der Waals surface area contributed by atoms with Gasteiger partial charge in [-0.05, 0) is 12.1 Å². The molecule has 1 heterocycles. The molecule has 1 aromatic carbocycles. The van der Waals surface area contributed by atoms with E-state index in [1.165, 1.54) is 30.2 Å². The van der Waals surface area contributed by atoms with Crippen molar-refractivity contribution in [1.82, 2.24) is 4.90 Å². The third-order valence-corrected chi connectivity index (χ3v) is 3.04. The van der Waals surface area contributed by atoms with Crippen LogP contribution in [0.1, 0.15) is 0 Å². The largest absolute Gasteiger partial charge is 0.484 e. The molecule has 1 aliphatic heterocycles. The Labute approximate surface area is 121 Å². The van der Waals surface area contributed by atoms with Crippen LogP contribution in [0.5, 0.6) is 5.75 Å². The van der Waals surface area contributed by atoms with Crippen molar-refractivity contribution >= 4 is 11.9 Å². The zero-order valence-corrected chi connectivity index (χ0v) is 11.6. The van der Waals surface area contributed by atoms with Gasteiger partial charge in [0.05, 0.1) is 20.3 Å². The van der Waals surface area contributed by atoms with Gasteiger partial charge in [0.1, 0.15) is 11.6 Å². The van der Waals surface area contributed by atoms with Crippen molar-refractivity contribution in [2.45, 2.75) is 6.10 Å². The number of carbonyl (C=O) groups is 2. The number of halogens is 1. The monoisotopic (exact) mass is 297 g/mol. The lowest BCUT2D eigenvalue weighted by atomic mass is 10.2. The van der Waals surface area contributed by atoms with Gasteiger partial charge >= 0.3 is 5.97 Å². The number of hydrogen-bond donors (Lipinski definition) is 0. The number of ether oxygens (including phenoxy) is 3. The lowest BCUT2D eigenvalue weighted by Crippen LogP contribution is -2.50. The minimum atomic E-state index is -0.776. The van der Waals surface area contributed by atoms with E-state index < -0.39 is 17.9 Å². The van der Waals surface area contributed by atoms with E-state index in [1.54, 1.807) is 6.07 Å². The van der Waals surface area contributed by atoms with E-state index in [2.05, 4.69) is 4.74 Å². The molecule has 0 aromatic heterocycles. The number of morpholine rings is 1. The molecule has 0 spiro atoms. The normalized spacial score (nSPS) is 18.2. The van der Waals surface area contributed by atoms with Crippen LogP contribution in [-0.4, -0.2) is 56.3 Å². The first kappa shape index (κ1) is 15.2. The van der Waals surface area contributed by atoms with Crippen molar-refractivity contribution < 1.29 is 28.2 Å². The van der Waals surface area contributed by atoms with E-state index in [0.29, 0.717) is 6.54 Å². The second-order valence-electron chi connectivity index (χ2n) is 4.47. The third-order valence-electron chi connectivity index (χ3n) is 3.04. The van der Waals surface area contributed by atoms with Crippen LogP contribution in [-0.2, 0) is 19.1 Å². The summed E-state index contributed by atoms with van der Waals surface area (Å²) in [6.07, 6.45) is -0.776. The fourth-order valence-corrected chi connectivity index (χ4v) is 1.94. The molecule has 1 amide bonds. The van der Waals surface area contributed by atoms with Gasteiger partial charge in [-0.15, -0.1) is 0 Å². The Morgan fingerprint density at radius 3 is 3.00 bits per heavy atom. The molecule has 1 fully saturated rings. The van der Waals surface area contributed by atoms with E-state index in [-0.39, 0.29) is 31.4 Å². The number of nitrogens with zero attached hydrogens (tertiary/aromatic N) is 1. The molecule has 1 aliphatic rings. The van der Waals surface area contributed by atoms with Crippen LogP contribution in [0.15, 0.2) is 24.3 Å². The molecule has 1 unspecified atom stereocenters. The van der Waals surface area contributed by atoms with E-state index in [4.69, 9.17) is 9.47 Å². The van der Waals surface area contributed by atoms with Crippen molar-refractivity contribution in [1.29, 1.82) is 0 Å². The van der Waals surface area contributed by atoms with Gasteiger partial charge in [-0.1, -0.05) is 6.07 Å². The highest BCUT2D eigenvalue weighted by atomic mass is 19.1. The smallest absolute Gasteiger partial charge is 0.336 e. The molecule has 0 bridgehead atoms. The highest BCUT2D eigenvalue weighted by Crippen LogP contribution is 2.13. The first-order valence-electron chi connectivity index (χ1n) is 6.45. The Kier molecular flexibility index (Phi) is 5.10. The molecule has 6 nitrogen and oxygen atoms in total. The Hall–Kier alpha value is -2.15. The number of rotatable bonds is 4. The zero-order chi connectivity index (χ0) is 15.2. The molecular formula is C14H16FNO5. The Morgan fingerprint density at radius 1 is 1.48 bits per heavy atom. The number of hydrogen-bond acceptors (Lipinski definition) is 5. The van der Waals surface area contributed by atoms with Crippen molar-refractivity contribution in [2.24, 2.45) is 0 Å². The van der Waals surface area contributed by atoms with Crippen LogP contribution in [0, 0.1) is 5.82 Å². The van der Waals surface area contributed by atoms with E-state index in [1.807, 2.05) is 0 Å². The molecule has 114 valence electrons. The van der Waals surface area contributed by atoms with Gasteiger partial charge in [0.2, 0.25) is 0 Å². The number of amides is 1. The maximum atomic E-state index is 13.0. The van der Waals surface area contributed by atoms with Crippen molar-refractivity contribution in [3.63, 3.8) is 0 Å². The van der Waals surface area contributed by atoms with E-state index in [9.17, 15) is 14.0 Å². The predicted octanol–water partition coefficient (Wildman–Crippen LogP) is 0.605. The van der Waals surface area contributed by atoms with E-state index in [0.717, 1.165) is 0 Å². The summed E-state index contributed by atoms with van der Waals surface area (Å²) in [5, 5.41) is 0. The number of carbonyl (C=O) groups excluding carboxylic acids is 2. The molecule has 0 saturated carbocycles. The Balaban J connectivity index is 1.86. The molecule has 0 aliphatic carbocycles. The van der Waals surface area contributed by atoms with Gasteiger partial charge in [-0.2, -0.15) is 0 Å². The van der Waals surface area contributed by atoms with Crippen LogP contribution >= 0.6 is 0 Å². The summed E-state index contributed by atoms with van der Waals surface area (Å²) < 4.78 is 28.0. The van der Waals surface area contributed by atoms with E-state index >= 15 is 0 Å². The topological polar surface area (TPSA) is 65.1 Å². The average Bonchev–Trinajstić information content (AvgIpc) is 2.52. The summed E-state index contributed by atoms with van der Waals surface area (Å²) in [5.74, 6) is -0.965. The minimum Gasteiger partial charge on any atom is -0.484 e. The lowest BCUT2D eigenvalue weighted by molar-refractivity contribution is -0.163. The fraction of sp³-hybridized carbons (Fsp3) is 0.429. The van der Waals surface area contributed by atoms with Crippen LogP contribution in [0.4, 0.5) is 4.39 Å². The van der Waals surface area contributed by atoms with Gasteiger partial charge < -0.3 is 19.1 Å². The fourth-order valence-electron chi connectivity index (χ4n) is 1.94. The molecule has 21 heavy (non-hydrogen) atoms. The average molecular weight is 297 g/mol. The molecule has 7 heteroatoms. The number of methoxy groups -OCH3 is 1. The predicted molar refractivity (Wildman–Crippen MR) is 70.2 cm³/mol. The Morgan fingerprint density at radius 2 is 2.29 bits per heavy atom. The maximum absolute atomic E-state index is 13.0. The van der Waals surface area contributed by atoms with Gasteiger partial charge in [-0.3, -0.25) is 4.79 Å². The SMILES string of the molecule is COC(=O)C1CN(C(=O)COc2cccc(F)c2)CCO1. The summed E-state index contributed by atoms with van der Waals surface area (Å²) in [6.45, 7) is 0.527. The Bertz CT molecular complexity index is 522.